The fraction of sp³-hybridized carbons (Fsp3) is 0. The molecule has 9 aromatic carbocycles. The predicted octanol–water partition coefficient (Wildman–Crippen LogP) is 13.6. The first-order valence-electron chi connectivity index (χ1n) is 18.5. The van der Waals surface area contributed by atoms with Crippen molar-refractivity contribution in [2.24, 2.45) is 0 Å². The highest BCUT2D eigenvalue weighted by molar-refractivity contribution is 6.25. The second-order valence-corrected chi connectivity index (χ2v) is 14.0. The molecule has 0 aliphatic heterocycles. The molecule has 11 rings (SSSR count). The zero-order valence-electron chi connectivity index (χ0n) is 29.6. The number of hydrogen-bond acceptors (Lipinski definition) is 4. The molecule has 11 aromatic rings. The van der Waals surface area contributed by atoms with E-state index in [1.54, 1.807) is 0 Å². The molecule has 0 saturated heterocycles. The zero-order chi connectivity index (χ0) is 36.3. The second kappa shape index (κ2) is 12.6. The highest BCUT2D eigenvalue weighted by Crippen LogP contribution is 2.40. The molecule has 0 amide bonds. The molecule has 0 atom stereocenters. The molecular formula is C51H31N3O. The largest absolute Gasteiger partial charge is 0.456 e. The van der Waals surface area contributed by atoms with Crippen molar-refractivity contribution >= 4 is 54.3 Å². The van der Waals surface area contributed by atoms with Gasteiger partial charge in [-0.3, -0.25) is 0 Å². The average molecular weight is 702 g/mol. The zero-order valence-corrected chi connectivity index (χ0v) is 29.6. The number of nitrogens with zero attached hydrogens (tertiary/aromatic N) is 3. The quantitative estimate of drug-likeness (QED) is 0.168. The van der Waals surface area contributed by atoms with Gasteiger partial charge in [0.25, 0.3) is 0 Å². The summed E-state index contributed by atoms with van der Waals surface area (Å²) in [6.07, 6.45) is 0. The highest BCUT2D eigenvalue weighted by Gasteiger charge is 2.18. The third-order valence-corrected chi connectivity index (χ3v) is 10.7. The summed E-state index contributed by atoms with van der Waals surface area (Å²) < 4.78 is 6.57. The van der Waals surface area contributed by atoms with Crippen molar-refractivity contribution < 1.29 is 4.42 Å². The third kappa shape index (κ3) is 5.26. The molecule has 0 aliphatic carbocycles. The molecule has 0 unspecified atom stereocenters. The number of aromatic nitrogens is 3. The maximum absolute atomic E-state index is 6.57. The van der Waals surface area contributed by atoms with Crippen LogP contribution in [0.25, 0.3) is 111 Å². The van der Waals surface area contributed by atoms with Crippen LogP contribution in [0.4, 0.5) is 0 Å². The summed E-state index contributed by atoms with van der Waals surface area (Å²) in [7, 11) is 0. The minimum atomic E-state index is 0.588. The van der Waals surface area contributed by atoms with Crippen LogP contribution in [-0.2, 0) is 0 Å². The molecular weight excluding hydrogens is 671 g/mol. The Kier molecular flexibility index (Phi) is 7.14. The van der Waals surface area contributed by atoms with Crippen molar-refractivity contribution in [1.29, 1.82) is 0 Å². The van der Waals surface area contributed by atoms with Gasteiger partial charge in [0.1, 0.15) is 11.2 Å². The molecule has 2 aromatic heterocycles. The van der Waals surface area contributed by atoms with E-state index in [0.717, 1.165) is 49.8 Å². The van der Waals surface area contributed by atoms with E-state index in [2.05, 4.69) is 146 Å². The topological polar surface area (TPSA) is 51.8 Å². The number of hydrogen-bond donors (Lipinski definition) is 0. The van der Waals surface area contributed by atoms with Crippen LogP contribution < -0.4 is 0 Å². The molecule has 256 valence electrons. The Morgan fingerprint density at radius 1 is 0.273 bits per heavy atom. The molecule has 4 nitrogen and oxygen atoms in total. The number of rotatable bonds is 5. The van der Waals surface area contributed by atoms with Crippen LogP contribution in [0.5, 0.6) is 0 Å². The molecule has 0 fully saturated rings. The maximum atomic E-state index is 6.57. The van der Waals surface area contributed by atoms with Crippen molar-refractivity contribution in [2.45, 2.75) is 0 Å². The number of fused-ring (bicyclic) bond motifs is 9. The Labute approximate surface area is 317 Å². The second-order valence-electron chi connectivity index (χ2n) is 14.0. The van der Waals surface area contributed by atoms with Crippen LogP contribution in [0.1, 0.15) is 0 Å². The van der Waals surface area contributed by atoms with E-state index in [4.69, 9.17) is 19.4 Å². The predicted molar refractivity (Wildman–Crippen MR) is 227 cm³/mol. The summed E-state index contributed by atoms with van der Waals surface area (Å²) in [6, 6.07) is 65.7. The SMILES string of the molecule is c1ccc(-c2cccc(-c3cccc4oc5cc(-c6nc(-c7ccccc7)nc(-c7ccc8c9ccccc9c9ccccc9c8c7)n6)ccc5c34)c2)cc1. The van der Waals surface area contributed by atoms with Crippen LogP contribution in [0.15, 0.2) is 192 Å². The van der Waals surface area contributed by atoms with Crippen molar-refractivity contribution in [3.05, 3.63) is 188 Å². The van der Waals surface area contributed by atoms with E-state index in [-0.39, 0.29) is 0 Å². The Hall–Kier alpha value is -7.43. The first-order valence-corrected chi connectivity index (χ1v) is 18.5. The van der Waals surface area contributed by atoms with Crippen LogP contribution in [0.2, 0.25) is 0 Å². The molecule has 55 heavy (non-hydrogen) atoms. The summed E-state index contributed by atoms with van der Waals surface area (Å²) >= 11 is 0. The van der Waals surface area contributed by atoms with Crippen molar-refractivity contribution in [3.63, 3.8) is 0 Å². The minimum absolute atomic E-state index is 0.588. The Balaban J connectivity index is 1.07. The third-order valence-electron chi connectivity index (χ3n) is 10.7. The molecule has 0 saturated carbocycles. The smallest absolute Gasteiger partial charge is 0.164 e. The Morgan fingerprint density at radius 3 is 1.44 bits per heavy atom. The number of furan rings is 1. The van der Waals surface area contributed by atoms with Gasteiger partial charge in [-0.2, -0.15) is 0 Å². The van der Waals surface area contributed by atoms with Gasteiger partial charge in [0.15, 0.2) is 17.5 Å². The van der Waals surface area contributed by atoms with Gasteiger partial charge < -0.3 is 4.42 Å². The molecule has 0 N–H and O–H groups in total. The summed E-state index contributed by atoms with van der Waals surface area (Å²) in [4.78, 5) is 15.3. The van der Waals surface area contributed by atoms with E-state index in [1.165, 1.54) is 43.4 Å². The Morgan fingerprint density at radius 2 is 0.764 bits per heavy atom. The van der Waals surface area contributed by atoms with Gasteiger partial charge in [-0.25, -0.2) is 15.0 Å². The minimum Gasteiger partial charge on any atom is -0.456 e. The van der Waals surface area contributed by atoms with E-state index in [0.29, 0.717) is 17.5 Å². The van der Waals surface area contributed by atoms with Crippen molar-refractivity contribution in [1.82, 2.24) is 15.0 Å². The van der Waals surface area contributed by atoms with Gasteiger partial charge in [-0.05, 0) is 84.9 Å². The van der Waals surface area contributed by atoms with Crippen molar-refractivity contribution in [3.8, 4) is 56.4 Å². The van der Waals surface area contributed by atoms with Crippen LogP contribution in [0, 0.1) is 0 Å². The van der Waals surface area contributed by atoms with Gasteiger partial charge in [-0.15, -0.1) is 0 Å². The molecule has 0 radical (unpaired) electrons. The van der Waals surface area contributed by atoms with Gasteiger partial charge in [0, 0.05) is 27.5 Å². The van der Waals surface area contributed by atoms with Crippen molar-refractivity contribution in [2.75, 3.05) is 0 Å². The normalized spacial score (nSPS) is 11.6. The van der Waals surface area contributed by atoms with E-state index in [1.807, 2.05) is 42.5 Å². The fourth-order valence-electron chi connectivity index (χ4n) is 8.10. The van der Waals surface area contributed by atoms with Gasteiger partial charge in [0.2, 0.25) is 0 Å². The maximum Gasteiger partial charge on any atom is 0.164 e. The van der Waals surface area contributed by atoms with Crippen LogP contribution >= 0.6 is 0 Å². The van der Waals surface area contributed by atoms with Gasteiger partial charge in [-0.1, -0.05) is 158 Å². The lowest BCUT2D eigenvalue weighted by atomic mass is 9.93. The molecule has 0 bridgehead atoms. The first-order chi connectivity index (χ1) is 27.2. The lowest BCUT2D eigenvalue weighted by Gasteiger charge is -2.12. The first kappa shape index (κ1) is 31.1. The molecule has 4 heteroatoms. The van der Waals surface area contributed by atoms with Crippen LogP contribution in [0.3, 0.4) is 0 Å². The lowest BCUT2D eigenvalue weighted by Crippen LogP contribution is -2.00. The van der Waals surface area contributed by atoms with Gasteiger partial charge in [0.05, 0.1) is 0 Å². The highest BCUT2D eigenvalue weighted by atomic mass is 16.3. The van der Waals surface area contributed by atoms with Crippen LogP contribution in [-0.4, -0.2) is 15.0 Å². The summed E-state index contributed by atoms with van der Waals surface area (Å²) in [5, 5.41) is 9.43. The summed E-state index contributed by atoms with van der Waals surface area (Å²) in [5.41, 5.74) is 8.98. The lowest BCUT2D eigenvalue weighted by molar-refractivity contribution is 0.669. The van der Waals surface area contributed by atoms with E-state index in [9.17, 15) is 0 Å². The fourth-order valence-corrected chi connectivity index (χ4v) is 8.10. The summed E-state index contributed by atoms with van der Waals surface area (Å²) in [6.45, 7) is 0. The summed E-state index contributed by atoms with van der Waals surface area (Å²) in [5.74, 6) is 1.83. The van der Waals surface area contributed by atoms with E-state index >= 15 is 0 Å². The molecule has 0 spiro atoms. The van der Waals surface area contributed by atoms with E-state index < -0.39 is 0 Å². The monoisotopic (exact) mass is 701 g/mol. The standard InChI is InChI=1S/C51H31N3O/c1-3-13-32(14-4-1)34-17-11-18-35(29-34)38-23-12-24-46-48(38)44-28-26-37(31-47(44)55-46)51-53-49(33-15-5-2-6-16-33)52-50(54-51)36-25-27-43-41-21-8-7-19-39(41)40-20-9-10-22-42(40)45(43)30-36/h1-31H. The molecule has 0 aliphatic rings. The Bertz CT molecular complexity index is 3220. The average Bonchev–Trinajstić information content (AvgIpc) is 3.65. The number of benzene rings is 9. The van der Waals surface area contributed by atoms with Gasteiger partial charge >= 0.3 is 0 Å². The molecule has 2 heterocycles.